The molecule has 0 spiro atoms. The van der Waals surface area contributed by atoms with E-state index in [1.165, 1.54) is 43.6 Å². The lowest BCUT2D eigenvalue weighted by atomic mass is 9.75. The predicted molar refractivity (Wildman–Crippen MR) is 75.6 cm³/mol. The molecule has 0 amide bonds. The van der Waals surface area contributed by atoms with E-state index in [-0.39, 0.29) is 5.54 Å². The Morgan fingerprint density at radius 2 is 1.72 bits per heavy atom. The lowest BCUT2D eigenvalue weighted by Crippen LogP contribution is -2.46. The zero-order valence-electron chi connectivity index (χ0n) is 11.5. The van der Waals surface area contributed by atoms with E-state index in [1.54, 1.807) is 0 Å². The number of hydrogen-bond acceptors (Lipinski definition) is 2. The molecular formula is C16H24N2. The lowest BCUT2D eigenvalue weighted by Gasteiger charge is -2.45. The number of benzene rings is 1. The number of hydrogen-bond donors (Lipinski definition) is 1. The Kier molecular flexibility index (Phi) is 2.95. The van der Waals surface area contributed by atoms with Crippen LogP contribution in [0.1, 0.15) is 43.7 Å². The van der Waals surface area contributed by atoms with Gasteiger partial charge in [-0.05, 0) is 62.7 Å². The molecule has 0 saturated carbocycles. The molecule has 4 rings (SSSR count). The second kappa shape index (κ2) is 4.36. The quantitative estimate of drug-likeness (QED) is 0.866. The van der Waals surface area contributed by atoms with Crippen LogP contribution < -0.4 is 5.73 Å². The van der Waals surface area contributed by atoms with Gasteiger partial charge in [0, 0.05) is 12.1 Å². The molecule has 3 aliphatic heterocycles. The maximum absolute atomic E-state index is 6.14. The first-order valence-electron chi connectivity index (χ1n) is 7.16. The van der Waals surface area contributed by atoms with E-state index in [1.807, 2.05) is 0 Å². The standard InChI is InChI=1S/C16H24N2/c1-16(2,17)14-5-3-12(4-6-14)15-11-18-9-7-13(15)8-10-18/h3-6,13,15H,7-11,17H2,1-2H3. The summed E-state index contributed by atoms with van der Waals surface area (Å²) in [5, 5.41) is 0. The normalized spacial score (nSPS) is 31.6. The molecule has 2 heteroatoms. The molecule has 3 saturated heterocycles. The summed E-state index contributed by atoms with van der Waals surface area (Å²) in [6.45, 7) is 8.02. The third kappa shape index (κ3) is 2.19. The topological polar surface area (TPSA) is 29.3 Å². The minimum atomic E-state index is -0.229. The number of nitrogens with zero attached hydrogens (tertiary/aromatic N) is 1. The first kappa shape index (κ1) is 12.2. The molecule has 1 aromatic carbocycles. The van der Waals surface area contributed by atoms with Gasteiger partial charge < -0.3 is 10.6 Å². The van der Waals surface area contributed by atoms with Crippen molar-refractivity contribution in [2.45, 2.75) is 38.1 Å². The average Bonchev–Trinajstić information content (AvgIpc) is 2.39. The van der Waals surface area contributed by atoms with E-state index in [0.29, 0.717) is 0 Å². The van der Waals surface area contributed by atoms with Crippen LogP contribution >= 0.6 is 0 Å². The fourth-order valence-corrected chi connectivity index (χ4v) is 3.50. The summed E-state index contributed by atoms with van der Waals surface area (Å²) in [6, 6.07) is 9.03. The summed E-state index contributed by atoms with van der Waals surface area (Å²) in [5.74, 6) is 1.66. The summed E-state index contributed by atoms with van der Waals surface area (Å²) in [4.78, 5) is 2.62. The van der Waals surface area contributed by atoms with Crippen LogP contribution in [0.3, 0.4) is 0 Å². The molecule has 0 aromatic heterocycles. The summed E-state index contributed by atoms with van der Waals surface area (Å²) >= 11 is 0. The summed E-state index contributed by atoms with van der Waals surface area (Å²) in [6.07, 6.45) is 2.77. The smallest absolute Gasteiger partial charge is 0.0352 e. The number of fused-ring (bicyclic) bond motifs is 3. The van der Waals surface area contributed by atoms with Crippen molar-refractivity contribution >= 4 is 0 Å². The predicted octanol–water partition coefficient (Wildman–Crippen LogP) is 2.69. The average molecular weight is 244 g/mol. The lowest BCUT2D eigenvalue weighted by molar-refractivity contribution is 0.0871. The molecule has 2 bridgehead atoms. The Morgan fingerprint density at radius 3 is 2.17 bits per heavy atom. The monoisotopic (exact) mass is 244 g/mol. The van der Waals surface area contributed by atoms with Crippen molar-refractivity contribution in [1.29, 1.82) is 0 Å². The molecule has 2 N–H and O–H groups in total. The fourth-order valence-electron chi connectivity index (χ4n) is 3.50. The molecule has 1 unspecified atom stereocenters. The van der Waals surface area contributed by atoms with Crippen LogP contribution in [0, 0.1) is 5.92 Å². The molecule has 3 heterocycles. The Balaban J connectivity index is 1.81. The van der Waals surface area contributed by atoms with Crippen LogP contribution in [0.15, 0.2) is 24.3 Å². The number of nitrogens with two attached hydrogens (primary N) is 1. The highest BCUT2D eigenvalue weighted by Gasteiger charge is 2.34. The van der Waals surface area contributed by atoms with Gasteiger partial charge in [0.15, 0.2) is 0 Å². The summed E-state index contributed by atoms with van der Waals surface area (Å²) < 4.78 is 0. The van der Waals surface area contributed by atoms with Crippen LogP contribution in [0.4, 0.5) is 0 Å². The van der Waals surface area contributed by atoms with E-state index in [4.69, 9.17) is 5.73 Å². The van der Waals surface area contributed by atoms with Gasteiger partial charge in [-0.25, -0.2) is 0 Å². The Labute approximate surface area is 110 Å². The van der Waals surface area contributed by atoms with Gasteiger partial charge in [-0.15, -0.1) is 0 Å². The highest BCUT2D eigenvalue weighted by molar-refractivity contribution is 5.30. The van der Waals surface area contributed by atoms with Gasteiger partial charge in [0.1, 0.15) is 0 Å². The maximum atomic E-state index is 6.14. The molecule has 98 valence electrons. The van der Waals surface area contributed by atoms with Gasteiger partial charge in [-0.2, -0.15) is 0 Å². The van der Waals surface area contributed by atoms with Crippen molar-refractivity contribution in [3.8, 4) is 0 Å². The molecule has 18 heavy (non-hydrogen) atoms. The van der Waals surface area contributed by atoms with E-state index in [2.05, 4.69) is 43.0 Å². The van der Waals surface area contributed by atoms with Gasteiger partial charge in [0.25, 0.3) is 0 Å². The van der Waals surface area contributed by atoms with Crippen molar-refractivity contribution in [2.24, 2.45) is 11.7 Å². The molecule has 0 radical (unpaired) electrons. The Hall–Kier alpha value is -0.860. The fraction of sp³-hybridized carbons (Fsp3) is 0.625. The molecule has 1 atom stereocenters. The zero-order chi connectivity index (χ0) is 12.8. The number of piperidine rings is 3. The maximum Gasteiger partial charge on any atom is 0.0352 e. The SMILES string of the molecule is CC(C)(N)c1ccc(C2CN3CCC2CC3)cc1. The largest absolute Gasteiger partial charge is 0.322 e. The second-order valence-electron chi connectivity index (χ2n) is 6.59. The van der Waals surface area contributed by atoms with Crippen molar-refractivity contribution < 1.29 is 0 Å². The zero-order valence-corrected chi connectivity index (χ0v) is 11.5. The van der Waals surface area contributed by atoms with Gasteiger partial charge >= 0.3 is 0 Å². The summed E-state index contributed by atoms with van der Waals surface area (Å²) in [5.41, 5.74) is 8.65. The van der Waals surface area contributed by atoms with Gasteiger partial charge in [-0.3, -0.25) is 0 Å². The highest BCUT2D eigenvalue weighted by Crippen LogP contribution is 2.39. The molecule has 3 aliphatic rings. The first-order chi connectivity index (χ1) is 8.54. The van der Waals surface area contributed by atoms with E-state index in [0.717, 1.165) is 11.8 Å². The number of rotatable bonds is 2. The molecular weight excluding hydrogens is 220 g/mol. The third-order valence-electron chi connectivity index (χ3n) is 4.74. The molecule has 0 aliphatic carbocycles. The van der Waals surface area contributed by atoms with Crippen LogP contribution in [0.25, 0.3) is 0 Å². The summed E-state index contributed by atoms with van der Waals surface area (Å²) in [7, 11) is 0. The highest BCUT2D eigenvalue weighted by atomic mass is 15.1. The molecule has 3 fully saturated rings. The Bertz CT molecular complexity index is 408. The second-order valence-corrected chi connectivity index (χ2v) is 6.59. The van der Waals surface area contributed by atoms with Crippen LogP contribution in [0.2, 0.25) is 0 Å². The molecule has 2 nitrogen and oxygen atoms in total. The van der Waals surface area contributed by atoms with E-state index in [9.17, 15) is 0 Å². The van der Waals surface area contributed by atoms with Crippen LogP contribution in [-0.2, 0) is 5.54 Å². The molecule has 1 aromatic rings. The van der Waals surface area contributed by atoms with Crippen molar-refractivity contribution in [3.63, 3.8) is 0 Å². The van der Waals surface area contributed by atoms with Crippen LogP contribution in [0.5, 0.6) is 0 Å². The third-order valence-corrected chi connectivity index (χ3v) is 4.74. The van der Waals surface area contributed by atoms with E-state index >= 15 is 0 Å². The first-order valence-corrected chi connectivity index (χ1v) is 7.16. The van der Waals surface area contributed by atoms with Crippen molar-refractivity contribution in [3.05, 3.63) is 35.4 Å². The Morgan fingerprint density at radius 1 is 1.11 bits per heavy atom. The minimum absolute atomic E-state index is 0.229. The van der Waals surface area contributed by atoms with Gasteiger partial charge in [0.2, 0.25) is 0 Å². The van der Waals surface area contributed by atoms with Crippen molar-refractivity contribution in [1.82, 2.24) is 4.90 Å². The van der Waals surface area contributed by atoms with Crippen LogP contribution in [-0.4, -0.2) is 24.5 Å². The minimum Gasteiger partial charge on any atom is -0.322 e. The van der Waals surface area contributed by atoms with Crippen molar-refractivity contribution in [2.75, 3.05) is 19.6 Å². The van der Waals surface area contributed by atoms with E-state index < -0.39 is 0 Å². The van der Waals surface area contributed by atoms with Gasteiger partial charge in [-0.1, -0.05) is 24.3 Å². The van der Waals surface area contributed by atoms with Gasteiger partial charge in [0.05, 0.1) is 0 Å².